The maximum absolute atomic E-state index is 13.5. The van der Waals surface area contributed by atoms with E-state index in [1.54, 1.807) is 13.0 Å². The van der Waals surface area contributed by atoms with Crippen LogP contribution < -0.4 is 25.2 Å². The van der Waals surface area contributed by atoms with Gasteiger partial charge in [0, 0.05) is 19.2 Å². The minimum Gasteiger partial charge on any atom is -0.474 e. The zero-order valence-electron chi connectivity index (χ0n) is 23.0. The van der Waals surface area contributed by atoms with Gasteiger partial charge in [0.25, 0.3) is 5.91 Å². The lowest BCUT2D eigenvalue weighted by molar-refractivity contribution is -0.149. The van der Waals surface area contributed by atoms with Gasteiger partial charge in [0.05, 0.1) is 18.3 Å². The van der Waals surface area contributed by atoms with Gasteiger partial charge in [-0.3, -0.25) is 15.0 Å². The number of hydrogen-bond donors (Lipinski definition) is 2. The summed E-state index contributed by atoms with van der Waals surface area (Å²) in [5, 5.41) is 12.6. The maximum atomic E-state index is 13.5. The van der Waals surface area contributed by atoms with Gasteiger partial charge >= 0.3 is 12.2 Å². The van der Waals surface area contributed by atoms with Gasteiger partial charge in [-0.1, -0.05) is 0 Å². The molecule has 2 aromatic rings. The number of alkyl halides is 3. The third-order valence-corrected chi connectivity index (χ3v) is 6.97. The quantitative estimate of drug-likeness (QED) is 0.523. The van der Waals surface area contributed by atoms with Crippen LogP contribution in [0.25, 0.3) is 0 Å². The number of urea groups is 1. The second-order valence-electron chi connectivity index (χ2n) is 10.6. The monoisotopic (exact) mass is 580 g/mol. The van der Waals surface area contributed by atoms with Gasteiger partial charge in [-0.15, -0.1) is 10.2 Å². The van der Waals surface area contributed by atoms with Gasteiger partial charge in [-0.2, -0.15) is 13.2 Å². The highest BCUT2D eigenvalue weighted by Gasteiger charge is 2.41. The Kier molecular flexibility index (Phi) is 7.63. The Morgan fingerprint density at radius 2 is 2.02 bits per heavy atom. The highest BCUT2D eigenvalue weighted by Crippen LogP contribution is 2.40. The highest BCUT2D eigenvalue weighted by molar-refractivity contribution is 6.04. The largest absolute Gasteiger partial charge is 0.474 e. The van der Waals surface area contributed by atoms with Gasteiger partial charge < -0.3 is 24.4 Å². The number of piperidine rings is 1. The van der Waals surface area contributed by atoms with Crippen LogP contribution in [0.1, 0.15) is 49.9 Å². The Labute approximate surface area is 233 Å². The van der Waals surface area contributed by atoms with Crippen LogP contribution >= 0.6 is 0 Å². The van der Waals surface area contributed by atoms with Crippen LogP contribution in [-0.2, 0) is 9.47 Å². The maximum Gasteiger partial charge on any atom is 0.408 e. The highest BCUT2D eigenvalue weighted by atomic mass is 19.4. The van der Waals surface area contributed by atoms with E-state index in [1.165, 1.54) is 11.0 Å². The van der Waals surface area contributed by atoms with Crippen molar-refractivity contribution in [3.63, 3.8) is 0 Å². The van der Waals surface area contributed by atoms with E-state index in [-0.39, 0.29) is 36.3 Å². The van der Waals surface area contributed by atoms with E-state index in [0.29, 0.717) is 37.5 Å². The minimum absolute atomic E-state index is 0.144. The summed E-state index contributed by atoms with van der Waals surface area (Å²) in [6.45, 7) is 7.89. The van der Waals surface area contributed by atoms with Crippen molar-refractivity contribution >= 4 is 29.3 Å². The number of carbonyl (C=O) groups is 2. The molecule has 3 aliphatic heterocycles. The van der Waals surface area contributed by atoms with Crippen molar-refractivity contribution in [1.29, 1.82) is 0 Å². The molecule has 0 spiro atoms. The average molecular weight is 581 g/mol. The first-order valence-corrected chi connectivity index (χ1v) is 13.2. The molecular formula is C25H31F3N8O5. The van der Waals surface area contributed by atoms with Gasteiger partial charge in [0.2, 0.25) is 11.7 Å². The first kappa shape index (κ1) is 28.7. The number of aryl methyl sites for hydroxylation is 1. The zero-order valence-corrected chi connectivity index (χ0v) is 23.0. The molecule has 0 aromatic carbocycles. The van der Waals surface area contributed by atoms with Crippen LogP contribution in [0.4, 0.5) is 35.3 Å². The number of nitrogens with one attached hydrogen (secondary N) is 2. The SMILES string of the molecule is Cc1nc(C(=O)N[C@H](C)C(F)(F)F)nc2c1N1CCC[C@@H](C1)N2C(=O)Nc1ccc(OC[C@@H]2COC(C)(C)O2)nn1. The van der Waals surface area contributed by atoms with Crippen LogP contribution in [0.5, 0.6) is 5.88 Å². The molecule has 0 aliphatic carbocycles. The lowest BCUT2D eigenvalue weighted by Crippen LogP contribution is -2.56. The van der Waals surface area contributed by atoms with E-state index in [9.17, 15) is 22.8 Å². The van der Waals surface area contributed by atoms with Crippen molar-refractivity contribution < 1.29 is 37.0 Å². The fourth-order valence-electron chi connectivity index (χ4n) is 5.00. The summed E-state index contributed by atoms with van der Waals surface area (Å²) >= 11 is 0. The molecule has 222 valence electrons. The minimum atomic E-state index is -4.63. The van der Waals surface area contributed by atoms with Gasteiger partial charge in [-0.25, -0.2) is 14.8 Å². The van der Waals surface area contributed by atoms with Crippen LogP contribution in [0.2, 0.25) is 0 Å². The van der Waals surface area contributed by atoms with Crippen molar-refractivity contribution in [2.24, 2.45) is 0 Å². The van der Waals surface area contributed by atoms with E-state index in [0.717, 1.165) is 13.3 Å². The molecule has 3 atom stereocenters. The molecule has 13 nitrogen and oxygen atoms in total. The Morgan fingerprint density at radius 3 is 2.68 bits per heavy atom. The predicted octanol–water partition coefficient (Wildman–Crippen LogP) is 2.81. The summed E-state index contributed by atoms with van der Waals surface area (Å²) in [5.74, 6) is -1.71. The molecule has 3 aliphatic rings. The third kappa shape index (κ3) is 6.27. The zero-order chi connectivity index (χ0) is 29.5. The lowest BCUT2D eigenvalue weighted by atomic mass is 9.99. The number of nitrogens with zero attached hydrogens (tertiary/aromatic N) is 6. The molecule has 5 heterocycles. The summed E-state index contributed by atoms with van der Waals surface area (Å²) in [5.41, 5.74) is 0.923. The van der Waals surface area contributed by atoms with Crippen LogP contribution in [-0.4, -0.2) is 88.6 Å². The summed E-state index contributed by atoms with van der Waals surface area (Å²) in [7, 11) is 0. The number of ether oxygens (including phenoxy) is 3. The van der Waals surface area contributed by atoms with E-state index < -0.39 is 35.8 Å². The number of amides is 3. The van der Waals surface area contributed by atoms with Crippen molar-refractivity contribution in [2.75, 3.05) is 41.4 Å². The van der Waals surface area contributed by atoms with Crippen molar-refractivity contribution in [2.45, 2.75) is 70.7 Å². The molecule has 16 heteroatoms. The number of carbonyl (C=O) groups excluding carboxylic acids is 2. The van der Waals surface area contributed by atoms with Crippen molar-refractivity contribution in [1.82, 2.24) is 25.5 Å². The Morgan fingerprint density at radius 1 is 1.24 bits per heavy atom. The number of anilines is 3. The Hall–Kier alpha value is -3.79. The van der Waals surface area contributed by atoms with Gasteiger partial charge in [-0.05, 0) is 46.6 Å². The summed E-state index contributed by atoms with van der Waals surface area (Å²) in [6.07, 6.45) is -3.42. The van der Waals surface area contributed by atoms with Gasteiger partial charge in [0.15, 0.2) is 17.4 Å². The first-order valence-electron chi connectivity index (χ1n) is 13.2. The topological polar surface area (TPSA) is 144 Å². The summed E-state index contributed by atoms with van der Waals surface area (Å²) < 4.78 is 55.9. The second kappa shape index (κ2) is 10.9. The summed E-state index contributed by atoms with van der Waals surface area (Å²) in [6, 6.07) is 0.106. The van der Waals surface area contributed by atoms with Crippen molar-refractivity contribution in [3.05, 3.63) is 23.7 Å². The molecule has 3 amide bonds. The molecule has 2 aromatic heterocycles. The molecule has 41 heavy (non-hydrogen) atoms. The first-order chi connectivity index (χ1) is 19.3. The molecule has 2 N–H and O–H groups in total. The van der Waals surface area contributed by atoms with Crippen LogP contribution in [0.15, 0.2) is 12.1 Å². The average Bonchev–Trinajstić information content (AvgIpc) is 3.25. The summed E-state index contributed by atoms with van der Waals surface area (Å²) in [4.78, 5) is 38.1. The lowest BCUT2D eigenvalue weighted by Gasteiger charge is -2.46. The normalized spacial score (nSPS) is 22.1. The number of fused-ring (bicyclic) bond motifs is 4. The molecule has 2 fully saturated rings. The molecule has 5 rings (SSSR count). The van der Waals surface area contributed by atoms with Crippen LogP contribution in [0.3, 0.4) is 0 Å². The Bertz CT molecular complexity index is 1310. The molecule has 2 bridgehead atoms. The third-order valence-electron chi connectivity index (χ3n) is 6.97. The number of rotatable bonds is 6. The van der Waals surface area contributed by atoms with Crippen LogP contribution in [0, 0.1) is 6.92 Å². The van der Waals surface area contributed by atoms with Gasteiger partial charge in [0.1, 0.15) is 24.4 Å². The standard InChI is InChI=1S/C25H31F3N8O5/c1-13-19-21(32-20(29-13)22(37)30-14(2)25(26,27)28)36(15-6-5-9-35(19)10-15)23(38)31-17-7-8-18(34-33-17)39-11-16-12-40-24(3,4)41-16/h7-8,14-16H,5-6,9-12H2,1-4H3,(H,30,37)(H,31,33,38)/t14-,15+,16-/m1/s1. The van der Waals surface area contributed by atoms with E-state index in [1.807, 2.05) is 24.1 Å². The number of aromatic nitrogens is 4. The smallest absolute Gasteiger partial charge is 0.408 e. The van der Waals surface area contributed by atoms with Crippen molar-refractivity contribution in [3.8, 4) is 5.88 Å². The molecular weight excluding hydrogens is 549 g/mol. The number of halogens is 3. The second-order valence-corrected chi connectivity index (χ2v) is 10.6. The van der Waals surface area contributed by atoms with E-state index in [4.69, 9.17) is 14.2 Å². The molecule has 2 saturated heterocycles. The fourth-order valence-corrected chi connectivity index (χ4v) is 5.00. The number of hydrogen-bond acceptors (Lipinski definition) is 10. The molecule has 0 unspecified atom stereocenters. The Balaban J connectivity index is 1.32. The van der Waals surface area contributed by atoms with E-state index in [2.05, 4.69) is 25.5 Å². The fraction of sp³-hybridized carbons (Fsp3) is 0.600. The molecule has 0 radical (unpaired) electrons. The molecule has 0 saturated carbocycles. The predicted molar refractivity (Wildman–Crippen MR) is 139 cm³/mol. The van der Waals surface area contributed by atoms with E-state index >= 15 is 0 Å².